The van der Waals surface area contributed by atoms with Crippen LogP contribution >= 0.6 is 0 Å². The van der Waals surface area contributed by atoms with Gasteiger partial charge < -0.3 is 20.9 Å². The summed E-state index contributed by atoms with van der Waals surface area (Å²) in [5.74, 6) is 0.0624. The molecule has 2 aliphatic rings. The van der Waals surface area contributed by atoms with Crippen molar-refractivity contribution in [2.75, 3.05) is 39.7 Å². The van der Waals surface area contributed by atoms with E-state index in [2.05, 4.69) is 85.8 Å². The van der Waals surface area contributed by atoms with E-state index in [0.29, 0.717) is 6.29 Å². The molecule has 2 aliphatic carbocycles. The number of ether oxygens (including phenoxy) is 2. The van der Waals surface area contributed by atoms with Gasteiger partial charge in [-0.1, -0.05) is 53.7 Å². The number of benzene rings is 1. The Morgan fingerprint density at radius 1 is 0.652 bits per heavy atom. The fourth-order valence-corrected chi connectivity index (χ4v) is 3.90. The number of aldehydes is 1. The predicted molar refractivity (Wildman–Crippen MR) is 194 cm³/mol. The molecule has 0 fully saturated rings. The molecule has 0 amide bonds. The first-order chi connectivity index (χ1) is 21.2. The smallest absolute Gasteiger partial charge is 0.428 e. The second-order valence-corrected chi connectivity index (χ2v) is 13.5. The summed E-state index contributed by atoms with van der Waals surface area (Å²) >= 11 is 0. The van der Waals surface area contributed by atoms with Gasteiger partial charge in [0, 0.05) is 45.5 Å². The van der Waals surface area contributed by atoms with E-state index < -0.39 is 11.8 Å². The summed E-state index contributed by atoms with van der Waals surface area (Å²) in [4.78, 5) is 38.9. The van der Waals surface area contributed by atoms with Crippen LogP contribution in [-0.2, 0) is 4.74 Å². The van der Waals surface area contributed by atoms with Gasteiger partial charge in [0.1, 0.15) is 5.60 Å². The van der Waals surface area contributed by atoms with Gasteiger partial charge in [-0.05, 0) is 73.1 Å². The molecule has 0 saturated heterocycles. The average molecular weight is 633 g/mol. The third-order valence-electron chi connectivity index (χ3n) is 6.57. The van der Waals surface area contributed by atoms with Crippen molar-refractivity contribution in [1.29, 1.82) is 0 Å². The van der Waals surface area contributed by atoms with Gasteiger partial charge in [-0.3, -0.25) is 24.8 Å². The van der Waals surface area contributed by atoms with Crippen molar-refractivity contribution in [3.63, 3.8) is 0 Å². The molecule has 10 heteroatoms. The van der Waals surface area contributed by atoms with E-state index in [1.54, 1.807) is 49.0 Å². The number of carbonyl (C=O) groups excluding carboxylic acids is 2. The van der Waals surface area contributed by atoms with Gasteiger partial charge in [0.15, 0.2) is 12.0 Å². The minimum Gasteiger partial charge on any atom is -0.428 e. The van der Waals surface area contributed by atoms with Crippen molar-refractivity contribution in [3.05, 3.63) is 65.3 Å². The van der Waals surface area contributed by atoms with Gasteiger partial charge in [0.2, 0.25) is 0 Å². The van der Waals surface area contributed by atoms with E-state index in [1.165, 1.54) is 23.3 Å². The Morgan fingerprint density at radius 2 is 1.07 bits per heavy atom. The maximum Gasteiger partial charge on any atom is 0.514 e. The van der Waals surface area contributed by atoms with Crippen LogP contribution in [0.3, 0.4) is 0 Å². The Balaban J connectivity index is 0.000000349. The molecule has 0 spiro atoms. The largest absolute Gasteiger partial charge is 0.514 e. The van der Waals surface area contributed by atoms with E-state index in [-0.39, 0.29) is 33.5 Å². The minimum absolute atomic E-state index is 0.0624. The van der Waals surface area contributed by atoms with Gasteiger partial charge in [0.25, 0.3) is 0 Å². The average Bonchev–Trinajstić information content (AvgIpc) is 2.96. The number of anilines is 2. The van der Waals surface area contributed by atoms with E-state index in [9.17, 15) is 9.59 Å². The van der Waals surface area contributed by atoms with Crippen LogP contribution < -0.4 is 16.2 Å². The van der Waals surface area contributed by atoms with Crippen molar-refractivity contribution < 1.29 is 19.1 Å². The zero-order chi connectivity index (χ0) is 35.5. The standard InChI is InChI=1S/C12H16N2O4.2C12H18N2/c1-12(2,3)18-11(16)17-10-5-8(13)7(6-15)4-9(10)14;2*1-12(2,3)9-6-7-10(13-4)11(8-9)14-5/h4-6H,13-14H2,1-3H3;2*6-8H,1-5H3. The minimum atomic E-state index is -0.882. The van der Waals surface area contributed by atoms with Crippen LogP contribution in [0.4, 0.5) is 16.2 Å². The lowest BCUT2D eigenvalue weighted by atomic mass is 9.83. The molecule has 0 radical (unpaired) electrons. The van der Waals surface area contributed by atoms with Crippen LogP contribution in [-0.4, -0.2) is 69.1 Å². The molecule has 1 aromatic carbocycles. The van der Waals surface area contributed by atoms with E-state index in [4.69, 9.17) is 20.9 Å². The fraction of sp³-hybridized carbons (Fsp3) is 0.444. The third-order valence-corrected chi connectivity index (χ3v) is 6.57. The van der Waals surface area contributed by atoms with Gasteiger partial charge in [-0.15, -0.1) is 0 Å². The van der Waals surface area contributed by atoms with Crippen LogP contribution in [0, 0.1) is 10.8 Å². The van der Waals surface area contributed by atoms with Crippen LogP contribution in [0.1, 0.15) is 72.7 Å². The van der Waals surface area contributed by atoms with Crippen LogP contribution in [0.15, 0.2) is 79.7 Å². The number of nitrogens with zero attached hydrogens (tertiary/aromatic N) is 4. The number of rotatable bonds is 2. The topological polar surface area (TPSA) is 154 Å². The molecular formula is C36H52N6O4. The molecule has 3 rings (SSSR count). The number of carbonyl (C=O) groups is 2. The molecule has 0 unspecified atom stereocenters. The summed E-state index contributed by atoms with van der Waals surface area (Å²) in [6, 6.07) is 2.64. The number of hydrogen-bond donors (Lipinski definition) is 2. The van der Waals surface area contributed by atoms with E-state index >= 15 is 0 Å². The van der Waals surface area contributed by atoms with Crippen LogP contribution in [0.2, 0.25) is 0 Å². The van der Waals surface area contributed by atoms with Crippen molar-refractivity contribution >= 4 is 46.7 Å². The van der Waals surface area contributed by atoms with Crippen molar-refractivity contribution in [3.8, 4) is 5.75 Å². The lowest BCUT2D eigenvalue weighted by molar-refractivity contribution is 0.0207. The van der Waals surface area contributed by atoms with Crippen LogP contribution in [0.25, 0.3) is 0 Å². The molecule has 0 bridgehead atoms. The predicted octanol–water partition coefficient (Wildman–Crippen LogP) is 7.32. The fourth-order valence-electron chi connectivity index (χ4n) is 3.90. The monoisotopic (exact) mass is 632 g/mol. The SMILES string of the molecule is CC(C)(C)OC(=O)Oc1cc(N)c(C=O)cc1N.CN=C1C=CC(C(C)(C)C)=CC1=NC.CN=C1C=CC(C(C)(C)C)=CC1=NC. The Morgan fingerprint density at radius 3 is 1.39 bits per heavy atom. The number of nitrogens with two attached hydrogens (primary N) is 2. The Kier molecular flexibility index (Phi) is 14.3. The maximum atomic E-state index is 11.4. The molecule has 0 atom stereocenters. The summed E-state index contributed by atoms with van der Waals surface area (Å²) in [5.41, 5.74) is 17.9. The Bertz CT molecular complexity index is 1450. The molecule has 250 valence electrons. The van der Waals surface area contributed by atoms with E-state index in [1.807, 2.05) is 12.2 Å². The normalized spacial score (nSPS) is 18.3. The van der Waals surface area contributed by atoms with Gasteiger partial charge in [0.05, 0.1) is 28.5 Å². The molecule has 46 heavy (non-hydrogen) atoms. The van der Waals surface area contributed by atoms with Gasteiger partial charge in [-0.2, -0.15) is 0 Å². The van der Waals surface area contributed by atoms with Crippen LogP contribution in [0.5, 0.6) is 5.75 Å². The number of allylic oxidation sites excluding steroid dienone is 8. The molecule has 10 nitrogen and oxygen atoms in total. The molecule has 0 saturated carbocycles. The highest BCUT2D eigenvalue weighted by Crippen LogP contribution is 2.30. The van der Waals surface area contributed by atoms with Crippen molar-refractivity contribution in [2.45, 2.75) is 67.9 Å². The Labute approximate surface area is 274 Å². The van der Waals surface area contributed by atoms with E-state index in [0.717, 1.165) is 22.8 Å². The molecule has 0 aromatic heterocycles. The number of nitrogen functional groups attached to an aromatic ring is 2. The second kappa shape index (κ2) is 16.6. The zero-order valence-corrected chi connectivity index (χ0v) is 29.8. The molecule has 0 aliphatic heterocycles. The first-order valence-corrected chi connectivity index (χ1v) is 14.9. The zero-order valence-electron chi connectivity index (χ0n) is 29.8. The molecule has 4 N–H and O–H groups in total. The lowest BCUT2D eigenvalue weighted by Crippen LogP contribution is -2.26. The maximum absolute atomic E-state index is 11.4. The number of aliphatic imine (C=N–C) groups is 4. The summed E-state index contributed by atoms with van der Waals surface area (Å²) < 4.78 is 9.89. The highest BCUT2D eigenvalue weighted by molar-refractivity contribution is 6.51. The first-order valence-electron chi connectivity index (χ1n) is 14.9. The highest BCUT2D eigenvalue weighted by atomic mass is 16.7. The quantitative estimate of drug-likeness (QED) is 0.114. The molecule has 1 aromatic rings. The molecular weight excluding hydrogens is 580 g/mol. The molecule has 0 heterocycles. The summed E-state index contributed by atoms with van der Waals surface area (Å²) in [7, 11) is 7.19. The number of hydrogen-bond acceptors (Lipinski definition) is 10. The third kappa shape index (κ3) is 12.4. The first kappa shape index (κ1) is 39.4. The Hall–Kier alpha value is -4.60. The van der Waals surface area contributed by atoms with Gasteiger partial charge >= 0.3 is 6.16 Å². The van der Waals surface area contributed by atoms with Crippen molar-refractivity contribution in [2.24, 2.45) is 30.8 Å². The summed E-state index contributed by atoms with van der Waals surface area (Å²) in [6.07, 6.45) is 12.2. The highest BCUT2D eigenvalue weighted by Gasteiger charge is 2.21. The summed E-state index contributed by atoms with van der Waals surface area (Å²) in [5, 5.41) is 0. The summed E-state index contributed by atoms with van der Waals surface area (Å²) in [6.45, 7) is 18.3. The van der Waals surface area contributed by atoms with Gasteiger partial charge in [-0.25, -0.2) is 4.79 Å². The van der Waals surface area contributed by atoms with Crippen molar-refractivity contribution in [1.82, 2.24) is 0 Å². The second-order valence-electron chi connectivity index (χ2n) is 13.5. The lowest BCUT2D eigenvalue weighted by Gasteiger charge is -2.23.